The highest BCUT2D eigenvalue weighted by atomic mass is 35.5. The Labute approximate surface area is 114 Å². The molecular formula is C14H19Cl2N. The Morgan fingerprint density at radius 1 is 1.18 bits per heavy atom. The van der Waals surface area contributed by atoms with Gasteiger partial charge in [0.15, 0.2) is 0 Å². The molecule has 2 atom stereocenters. The van der Waals surface area contributed by atoms with Crippen molar-refractivity contribution in [1.82, 2.24) is 5.32 Å². The van der Waals surface area contributed by atoms with Crippen LogP contribution in [0.5, 0.6) is 0 Å². The zero-order chi connectivity index (χ0) is 12.1. The van der Waals surface area contributed by atoms with Crippen molar-refractivity contribution >= 4 is 23.2 Å². The third-order valence-corrected chi connectivity index (χ3v) is 4.15. The summed E-state index contributed by atoms with van der Waals surface area (Å²) in [6.45, 7) is 0.856. The molecule has 1 nitrogen and oxygen atoms in total. The molecule has 1 aromatic rings. The number of benzene rings is 1. The Morgan fingerprint density at radius 3 is 2.82 bits per heavy atom. The minimum absolute atomic E-state index is 0.275. The van der Waals surface area contributed by atoms with E-state index in [9.17, 15) is 0 Å². The molecule has 1 aliphatic rings. The first-order valence-corrected chi connectivity index (χ1v) is 7.19. The van der Waals surface area contributed by atoms with Crippen LogP contribution in [0.4, 0.5) is 0 Å². The summed E-state index contributed by atoms with van der Waals surface area (Å²) in [5.74, 6) is 0. The number of halogens is 2. The van der Waals surface area contributed by atoms with E-state index in [4.69, 9.17) is 23.2 Å². The molecule has 1 saturated carbocycles. The zero-order valence-electron chi connectivity index (χ0n) is 9.96. The molecule has 2 rings (SSSR count). The van der Waals surface area contributed by atoms with Crippen molar-refractivity contribution in [1.29, 1.82) is 0 Å². The van der Waals surface area contributed by atoms with E-state index in [1.807, 2.05) is 18.2 Å². The predicted octanol–water partition coefficient (Wildman–Crippen LogP) is 4.37. The van der Waals surface area contributed by atoms with Gasteiger partial charge in [0.05, 0.1) is 0 Å². The first-order chi connectivity index (χ1) is 8.25. The monoisotopic (exact) mass is 271 g/mol. The van der Waals surface area contributed by atoms with Crippen molar-refractivity contribution < 1.29 is 0 Å². The highest BCUT2D eigenvalue weighted by molar-refractivity contribution is 6.30. The molecule has 3 heteroatoms. The van der Waals surface area contributed by atoms with E-state index in [1.54, 1.807) is 0 Å². The Bertz CT molecular complexity index is 354. The molecule has 0 bridgehead atoms. The Kier molecular flexibility index (Phi) is 5.15. The lowest BCUT2D eigenvalue weighted by Crippen LogP contribution is -2.35. The normalized spacial score (nSPS) is 25.5. The van der Waals surface area contributed by atoms with E-state index < -0.39 is 0 Å². The molecule has 1 aromatic carbocycles. The summed E-state index contributed by atoms with van der Waals surface area (Å²) < 4.78 is 0. The van der Waals surface area contributed by atoms with Gasteiger partial charge in [-0.25, -0.2) is 0 Å². The number of nitrogens with one attached hydrogen (secondary N) is 1. The van der Waals surface area contributed by atoms with Gasteiger partial charge in [-0.15, -0.1) is 11.6 Å². The largest absolute Gasteiger partial charge is 0.308 e. The topological polar surface area (TPSA) is 12.0 Å². The first-order valence-electron chi connectivity index (χ1n) is 6.37. The van der Waals surface area contributed by atoms with E-state index >= 15 is 0 Å². The van der Waals surface area contributed by atoms with Crippen LogP contribution >= 0.6 is 23.2 Å². The van der Waals surface area contributed by atoms with E-state index in [0.717, 1.165) is 18.0 Å². The molecule has 0 heterocycles. The summed E-state index contributed by atoms with van der Waals surface area (Å²) in [7, 11) is 0. The SMILES string of the molecule is Clc1cccc(CNC2CCCCCC2Cl)c1. The molecule has 0 aliphatic heterocycles. The molecule has 1 fully saturated rings. The molecule has 1 N–H and O–H groups in total. The van der Waals surface area contributed by atoms with Gasteiger partial charge >= 0.3 is 0 Å². The van der Waals surface area contributed by atoms with Crippen LogP contribution in [0.3, 0.4) is 0 Å². The molecule has 1 aliphatic carbocycles. The van der Waals surface area contributed by atoms with Crippen LogP contribution in [-0.2, 0) is 6.54 Å². The summed E-state index contributed by atoms with van der Waals surface area (Å²) in [6, 6.07) is 8.44. The maximum absolute atomic E-state index is 6.40. The lowest BCUT2D eigenvalue weighted by molar-refractivity contribution is 0.465. The molecular weight excluding hydrogens is 253 g/mol. The second-order valence-corrected chi connectivity index (χ2v) is 5.77. The molecule has 2 unspecified atom stereocenters. The molecule has 0 amide bonds. The molecule has 0 aromatic heterocycles. The first kappa shape index (κ1) is 13.2. The van der Waals surface area contributed by atoms with Crippen molar-refractivity contribution in [2.75, 3.05) is 0 Å². The molecule has 94 valence electrons. The van der Waals surface area contributed by atoms with E-state index in [1.165, 1.54) is 31.2 Å². The number of hydrogen-bond acceptors (Lipinski definition) is 1. The fraction of sp³-hybridized carbons (Fsp3) is 0.571. The summed E-state index contributed by atoms with van der Waals surface area (Å²) in [6.07, 6.45) is 6.20. The minimum Gasteiger partial charge on any atom is -0.308 e. The predicted molar refractivity (Wildman–Crippen MR) is 74.8 cm³/mol. The molecule has 0 radical (unpaired) electrons. The Morgan fingerprint density at radius 2 is 2.00 bits per heavy atom. The van der Waals surface area contributed by atoms with Crippen molar-refractivity contribution in [3.05, 3.63) is 34.9 Å². The van der Waals surface area contributed by atoms with Gasteiger partial charge in [0.25, 0.3) is 0 Å². The molecule has 17 heavy (non-hydrogen) atoms. The number of hydrogen-bond donors (Lipinski definition) is 1. The maximum Gasteiger partial charge on any atom is 0.0489 e. The molecule has 0 saturated heterocycles. The average molecular weight is 272 g/mol. The van der Waals surface area contributed by atoms with Crippen molar-refractivity contribution in [2.45, 2.75) is 50.1 Å². The van der Waals surface area contributed by atoms with E-state index in [-0.39, 0.29) is 5.38 Å². The summed E-state index contributed by atoms with van der Waals surface area (Å²) in [4.78, 5) is 0. The zero-order valence-corrected chi connectivity index (χ0v) is 11.5. The van der Waals surface area contributed by atoms with Crippen molar-refractivity contribution in [3.8, 4) is 0 Å². The van der Waals surface area contributed by atoms with Crippen LogP contribution in [-0.4, -0.2) is 11.4 Å². The van der Waals surface area contributed by atoms with Crippen molar-refractivity contribution in [3.63, 3.8) is 0 Å². The highest BCUT2D eigenvalue weighted by Crippen LogP contribution is 2.22. The standard InChI is InChI=1S/C14H19Cl2N/c15-12-6-4-5-11(9-12)10-17-14-8-3-1-2-7-13(14)16/h4-6,9,13-14,17H,1-3,7-8,10H2. The summed E-state index contributed by atoms with van der Waals surface area (Å²) in [5.41, 5.74) is 1.23. The van der Waals surface area contributed by atoms with Gasteiger partial charge < -0.3 is 5.32 Å². The van der Waals surface area contributed by atoms with Gasteiger partial charge in [0.1, 0.15) is 0 Å². The van der Waals surface area contributed by atoms with Gasteiger partial charge in [0, 0.05) is 23.0 Å². The second kappa shape index (κ2) is 6.63. The summed E-state index contributed by atoms with van der Waals surface area (Å²) >= 11 is 12.4. The lowest BCUT2D eigenvalue weighted by atomic mass is 10.1. The number of alkyl halides is 1. The number of rotatable bonds is 3. The van der Waals surface area contributed by atoms with E-state index in [0.29, 0.717) is 6.04 Å². The third-order valence-electron chi connectivity index (χ3n) is 3.39. The van der Waals surface area contributed by atoms with Gasteiger partial charge in [-0.1, -0.05) is 43.0 Å². The lowest BCUT2D eigenvalue weighted by Gasteiger charge is -2.21. The fourth-order valence-corrected chi connectivity index (χ4v) is 2.97. The van der Waals surface area contributed by atoms with Gasteiger partial charge in [-0.3, -0.25) is 0 Å². The van der Waals surface area contributed by atoms with Gasteiger partial charge in [0.2, 0.25) is 0 Å². The Balaban J connectivity index is 1.88. The molecule has 0 spiro atoms. The van der Waals surface area contributed by atoms with E-state index in [2.05, 4.69) is 11.4 Å². The smallest absolute Gasteiger partial charge is 0.0489 e. The highest BCUT2D eigenvalue weighted by Gasteiger charge is 2.20. The van der Waals surface area contributed by atoms with Crippen LogP contribution in [0.1, 0.15) is 37.7 Å². The van der Waals surface area contributed by atoms with Crippen LogP contribution < -0.4 is 5.32 Å². The third kappa shape index (κ3) is 4.17. The van der Waals surface area contributed by atoms with Crippen LogP contribution in [0.25, 0.3) is 0 Å². The van der Waals surface area contributed by atoms with Crippen molar-refractivity contribution in [2.24, 2.45) is 0 Å². The van der Waals surface area contributed by atoms with Gasteiger partial charge in [-0.05, 0) is 30.5 Å². The fourth-order valence-electron chi connectivity index (χ4n) is 2.39. The maximum atomic E-state index is 6.40. The average Bonchev–Trinajstić information content (AvgIpc) is 2.52. The Hall–Kier alpha value is -0.240. The van der Waals surface area contributed by atoms with Crippen LogP contribution in [0.15, 0.2) is 24.3 Å². The summed E-state index contributed by atoms with van der Waals surface area (Å²) in [5, 5.41) is 4.64. The van der Waals surface area contributed by atoms with Crippen LogP contribution in [0.2, 0.25) is 5.02 Å². The van der Waals surface area contributed by atoms with Gasteiger partial charge in [-0.2, -0.15) is 0 Å². The minimum atomic E-state index is 0.275. The second-order valence-electron chi connectivity index (χ2n) is 4.77. The quantitative estimate of drug-likeness (QED) is 0.636. The van der Waals surface area contributed by atoms with Crippen LogP contribution in [0, 0.1) is 0 Å².